The van der Waals surface area contributed by atoms with Crippen LogP contribution in [0.15, 0.2) is 24.7 Å². The third-order valence-corrected chi connectivity index (χ3v) is 5.02. The maximum atomic E-state index is 15.0. The van der Waals surface area contributed by atoms with Crippen molar-refractivity contribution in [3.63, 3.8) is 0 Å². The Morgan fingerprint density at radius 3 is 2.84 bits per heavy atom. The molecule has 1 saturated heterocycles. The predicted octanol–water partition coefficient (Wildman–Crippen LogP) is 1.96. The fraction of sp³-hybridized carbons (Fsp3) is 0.375. The Morgan fingerprint density at radius 1 is 1.44 bits per heavy atom. The molecule has 1 aromatic heterocycles. The van der Waals surface area contributed by atoms with Crippen LogP contribution in [0.2, 0.25) is 0 Å². The van der Waals surface area contributed by atoms with E-state index in [1.165, 1.54) is 12.1 Å². The minimum atomic E-state index is -1.92. The first-order chi connectivity index (χ1) is 11.9. The van der Waals surface area contributed by atoms with Crippen molar-refractivity contribution in [3.05, 3.63) is 30.5 Å². The molecule has 1 atom stereocenters. The summed E-state index contributed by atoms with van der Waals surface area (Å²) in [5.74, 6) is -1.11. The number of amides is 1. The van der Waals surface area contributed by atoms with Gasteiger partial charge in [-0.25, -0.2) is 13.6 Å². The van der Waals surface area contributed by atoms with Crippen LogP contribution in [0.5, 0.6) is 5.75 Å². The summed E-state index contributed by atoms with van der Waals surface area (Å²) in [6, 6.07) is 2.72. The van der Waals surface area contributed by atoms with Gasteiger partial charge in [0.15, 0.2) is 5.82 Å². The van der Waals surface area contributed by atoms with Crippen LogP contribution in [0.4, 0.5) is 10.1 Å². The number of halogens is 1. The third kappa shape index (κ3) is 3.51. The Balaban J connectivity index is 1.95. The van der Waals surface area contributed by atoms with Crippen molar-refractivity contribution in [2.45, 2.75) is 26.8 Å². The van der Waals surface area contributed by atoms with Crippen LogP contribution in [-0.2, 0) is 22.5 Å². The SMILES string of the molecule is CC(C)CCn1cnc(-c2ccc(O)c(N3CC(=O)NS3=O)c2F)c1. The molecule has 0 bridgehead atoms. The fourth-order valence-corrected chi connectivity index (χ4v) is 3.50. The molecule has 9 heteroatoms. The predicted molar refractivity (Wildman–Crippen MR) is 92.4 cm³/mol. The highest BCUT2D eigenvalue weighted by molar-refractivity contribution is 7.85. The summed E-state index contributed by atoms with van der Waals surface area (Å²) in [5.41, 5.74) is 0.310. The zero-order valence-corrected chi connectivity index (χ0v) is 14.7. The molecular formula is C16H19FN4O3S. The largest absolute Gasteiger partial charge is 0.506 e. The summed E-state index contributed by atoms with van der Waals surface area (Å²) in [4.78, 5) is 15.6. The number of carbonyl (C=O) groups excluding carboxylic acids is 1. The summed E-state index contributed by atoms with van der Waals surface area (Å²) in [7, 11) is 0. The van der Waals surface area contributed by atoms with Gasteiger partial charge in [0.25, 0.3) is 5.91 Å². The Bertz CT molecular complexity index is 837. The number of aryl methyl sites for hydroxylation is 1. The Labute approximate surface area is 147 Å². The first-order valence-corrected chi connectivity index (χ1v) is 9.00. The molecule has 0 saturated carbocycles. The first kappa shape index (κ1) is 17.4. The quantitative estimate of drug-likeness (QED) is 0.847. The molecule has 0 radical (unpaired) electrons. The number of phenols is 1. The summed E-state index contributed by atoms with van der Waals surface area (Å²) >= 11 is -1.92. The molecule has 7 nitrogen and oxygen atoms in total. The molecule has 1 fully saturated rings. The van der Waals surface area contributed by atoms with Gasteiger partial charge in [-0.1, -0.05) is 13.8 Å². The van der Waals surface area contributed by atoms with Crippen molar-refractivity contribution >= 4 is 22.8 Å². The van der Waals surface area contributed by atoms with Gasteiger partial charge in [0.05, 0.1) is 12.0 Å². The smallest absolute Gasteiger partial charge is 0.253 e. The molecule has 25 heavy (non-hydrogen) atoms. The number of imidazole rings is 1. The number of nitrogens with one attached hydrogen (secondary N) is 1. The van der Waals surface area contributed by atoms with Gasteiger partial charge < -0.3 is 9.67 Å². The van der Waals surface area contributed by atoms with Crippen molar-refractivity contribution in [1.29, 1.82) is 0 Å². The zero-order chi connectivity index (χ0) is 18.1. The number of phenolic OH excluding ortho intramolecular Hbond substituents is 1. The molecular weight excluding hydrogens is 347 g/mol. The standard InChI is InChI=1S/C16H19FN4O3S/c1-10(2)5-6-20-7-12(18-9-20)11-3-4-13(22)16(15(11)17)21-8-14(23)19-25(21)24/h3-4,7,9-10,22H,5-6,8H2,1-2H3,(H,19,23). The van der Waals surface area contributed by atoms with E-state index in [9.17, 15) is 18.5 Å². The van der Waals surface area contributed by atoms with E-state index in [0.717, 1.165) is 17.3 Å². The lowest BCUT2D eigenvalue weighted by Gasteiger charge is -2.17. The number of aromatic hydroxyl groups is 1. The Hall–Kier alpha value is -2.42. The van der Waals surface area contributed by atoms with E-state index in [1.807, 2.05) is 4.57 Å². The topological polar surface area (TPSA) is 87.5 Å². The van der Waals surface area contributed by atoms with Gasteiger partial charge in [0.1, 0.15) is 18.0 Å². The molecule has 1 aliphatic rings. The van der Waals surface area contributed by atoms with Gasteiger partial charge in [-0.15, -0.1) is 0 Å². The molecule has 134 valence electrons. The van der Waals surface area contributed by atoms with E-state index in [1.54, 1.807) is 12.5 Å². The molecule has 1 aromatic carbocycles. The molecule has 0 spiro atoms. The minimum Gasteiger partial charge on any atom is -0.506 e. The molecule has 2 aromatic rings. The average Bonchev–Trinajstić information content (AvgIpc) is 3.12. The second-order valence-corrected chi connectivity index (χ2v) is 7.43. The second-order valence-electron chi connectivity index (χ2n) is 6.29. The lowest BCUT2D eigenvalue weighted by Crippen LogP contribution is -2.23. The lowest BCUT2D eigenvalue weighted by atomic mass is 10.1. The molecule has 1 unspecified atom stereocenters. The van der Waals surface area contributed by atoms with Crippen LogP contribution in [0.3, 0.4) is 0 Å². The maximum Gasteiger partial charge on any atom is 0.253 e. The molecule has 1 aliphatic heterocycles. The summed E-state index contributed by atoms with van der Waals surface area (Å²) in [6.45, 7) is 4.72. The minimum absolute atomic E-state index is 0.174. The highest BCUT2D eigenvalue weighted by Gasteiger charge is 2.32. The first-order valence-electron chi connectivity index (χ1n) is 7.89. The van der Waals surface area contributed by atoms with Crippen molar-refractivity contribution in [2.24, 2.45) is 5.92 Å². The van der Waals surface area contributed by atoms with Crippen LogP contribution in [0, 0.1) is 11.7 Å². The van der Waals surface area contributed by atoms with Gasteiger partial charge in [-0.2, -0.15) is 0 Å². The zero-order valence-electron chi connectivity index (χ0n) is 13.9. The maximum absolute atomic E-state index is 15.0. The average molecular weight is 366 g/mol. The van der Waals surface area contributed by atoms with Crippen molar-refractivity contribution in [3.8, 4) is 17.0 Å². The summed E-state index contributed by atoms with van der Waals surface area (Å²) in [5, 5.41) is 10.00. The number of hydrogen-bond acceptors (Lipinski definition) is 4. The Kier molecular flexibility index (Phi) is 4.76. The van der Waals surface area contributed by atoms with E-state index >= 15 is 0 Å². The number of nitrogens with zero attached hydrogens (tertiary/aromatic N) is 3. The van der Waals surface area contributed by atoms with Gasteiger partial charge >= 0.3 is 0 Å². The third-order valence-electron chi connectivity index (χ3n) is 3.91. The van der Waals surface area contributed by atoms with Crippen LogP contribution in [-0.4, -0.2) is 31.3 Å². The van der Waals surface area contributed by atoms with Gasteiger partial charge in [0.2, 0.25) is 11.2 Å². The summed E-state index contributed by atoms with van der Waals surface area (Å²) in [6.07, 6.45) is 4.33. The second kappa shape index (κ2) is 6.83. The number of aromatic nitrogens is 2. The summed E-state index contributed by atoms with van der Waals surface area (Å²) < 4.78 is 31.9. The van der Waals surface area contributed by atoms with Crippen molar-refractivity contribution in [1.82, 2.24) is 14.3 Å². The number of carbonyl (C=O) groups is 1. The highest BCUT2D eigenvalue weighted by atomic mass is 32.2. The van der Waals surface area contributed by atoms with Crippen LogP contribution in [0.25, 0.3) is 11.3 Å². The highest BCUT2D eigenvalue weighted by Crippen LogP contribution is 2.37. The molecule has 0 aliphatic carbocycles. The number of benzene rings is 1. The van der Waals surface area contributed by atoms with Crippen molar-refractivity contribution in [2.75, 3.05) is 10.8 Å². The van der Waals surface area contributed by atoms with Crippen LogP contribution in [0.1, 0.15) is 20.3 Å². The number of hydrogen-bond donors (Lipinski definition) is 2. The molecule has 2 N–H and O–H groups in total. The lowest BCUT2D eigenvalue weighted by molar-refractivity contribution is -0.117. The van der Waals surface area contributed by atoms with E-state index in [4.69, 9.17) is 0 Å². The molecule has 3 rings (SSSR count). The molecule has 1 amide bonds. The van der Waals surface area contributed by atoms with Gasteiger partial charge in [-0.05, 0) is 24.5 Å². The van der Waals surface area contributed by atoms with Crippen LogP contribution >= 0.6 is 0 Å². The van der Waals surface area contributed by atoms with E-state index < -0.39 is 22.9 Å². The normalized spacial score (nSPS) is 17.4. The van der Waals surface area contributed by atoms with Crippen molar-refractivity contribution < 1.29 is 18.5 Å². The number of rotatable bonds is 5. The fourth-order valence-electron chi connectivity index (χ4n) is 2.55. The monoisotopic (exact) mass is 366 g/mol. The van der Waals surface area contributed by atoms with Gasteiger partial charge in [-0.3, -0.25) is 13.8 Å². The van der Waals surface area contributed by atoms with Gasteiger partial charge in [0, 0.05) is 18.3 Å². The van der Waals surface area contributed by atoms with E-state index in [2.05, 4.69) is 23.6 Å². The van der Waals surface area contributed by atoms with Crippen LogP contribution < -0.4 is 9.03 Å². The van der Waals surface area contributed by atoms with E-state index in [0.29, 0.717) is 11.6 Å². The Morgan fingerprint density at radius 2 is 2.20 bits per heavy atom. The number of anilines is 1. The molecule has 2 heterocycles. The van der Waals surface area contributed by atoms with E-state index in [-0.39, 0.29) is 23.5 Å².